The summed E-state index contributed by atoms with van der Waals surface area (Å²) < 4.78 is 41.7. The van der Waals surface area contributed by atoms with Gasteiger partial charge < -0.3 is 84.2 Å². The highest BCUT2D eigenvalue weighted by Gasteiger charge is 2.70. The predicted octanol–water partition coefficient (Wildman–Crippen LogP) is 0.711. The van der Waals surface area contributed by atoms with Gasteiger partial charge in [0.05, 0.1) is 24.7 Å². The summed E-state index contributed by atoms with van der Waals surface area (Å²) in [5.41, 5.74) is -0.867. The Labute approximate surface area is 404 Å². The monoisotopic (exact) mass is 985 g/mol. The lowest BCUT2D eigenvalue weighted by atomic mass is 9.33. The van der Waals surface area contributed by atoms with Crippen LogP contribution in [0.2, 0.25) is 0 Å². The van der Waals surface area contributed by atoms with Crippen molar-refractivity contribution in [3.63, 3.8) is 0 Å². The molecule has 8 rings (SSSR count). The fourth-order valence-electron chi connectivity index (χ4n) is 15.2. The molecule has 19 heteroatoms. The van der Waals surface area contributed by atoms with E-state index in [9.17, 15) is 60.7 Å². The Morgan fingerprint density at radius 2 is 1.22 bits per heavy atom. The molecule has 4 saturated carbocycles. The first-order valence-electron chi connectivity index (χ1n) is 25.2. The van der Waals surface area contributed by atoms with E-state index in [0.717, 1.165) is 44.9 Å². The number of hydrogen-bond acceptors (Lipinski definition) is 19. The van der Waals surface area contributed by atoms with E-state index in [4.69, 9.17) is 33.2 Å². The molecule has 0 spiro atoms. The van der Waals surface area contributed by atoms with Gasteiger partial charge >= 0.3 is 11.9 Å². The lowest BCUT2D eigenvalue weighted by molar-refractivity contribution is -0.378. The molecule has 0 unspecified atom stereocenters. The maximum atomic E-state index is 14.7. The molecular weight excluding hydrogens is 905 g/mol. The average Bonchev–Trinajstić information content (AvgIpc) is 3.29. The fourth-order valence-corrected chi connectivity index (χ4v) is 15.2. The summed E-state index contributed by atoms with van der Waals surface area (Å²) in [4.78, 5) is 26.5. The first-order chi connectivity index (χ1) is 32.2. The molecule has 0 radical (unpaired) electrons. The van der Waals surface area contributed by atoms with Crippen molar-refractivity contribution in [2.75, 3.05) is 19.8 Å². The SMILES string of the molecule is CC(=O)OC[C@H]1O[C@@H](O[C@H]2CC[C@]3(C)[C@H]4CC=C5[C@@H]6CC(C)(C)CC[C@]6(C(=O)O[C@@H]6O[C@H](CO)[C@@H](O)[C@H](O)[C@H]6O)CC[C@@]5(C)[C@]4(C)CC[C@H]3C2(C)C)[C@H](O[C@@H]2O[C@H](CO)[C@@H](O)[C@H](O)[C@H]2O)[C@@H](O)[C@@H]1O. The number of ether oxygens (including phenoxy) is 7. The minimum Gasteiger partial charge on any atom is -0.463 e. The van der Waals surface area contributed by atoms with Crippen LogP contribution in [0, 0.1) is 50.2 Å². The van der Waals surface area contributed by atoms with Crippen LogP contribution in [-0.4, -0.2) is 181 Å². The van der Waals surface area contributed by atoms with Crippen LogP contribution in [0.15, 0.2) is 11.6 Å². The fraction of sp³-hybridized carbons (Fsp3) is 0.920. The number of rotatable bonds is 10. The highest BCUT2D eigenvalue weighted by Crippen LogP contribution is 2.76. The summed E-state index contributed by atoms with van der Waals surface area (Å²) in [5, 5.41) is 106. The summed E-state index contributed by atoms with van der Waals surface area (Å²) >= 11 is 0. The molecule has 0 bridgehead atoms. The molecule has 3 heterocycles. The van der Waals surface area contributed by atoms with Crippen LogP contribution < -0.4 is 0 Å². The molecule has 0 aromatic heterocycles. The van der Waals surface area contributed by atoms with Crippen molar-refractivity contribution in [3.05, 3.63) is 11.6 Å². The van der Waals surface area contributed by atoms with Crippen LogP contribution in [0.1, 0.15) is 120 Å². The summed E-state index contributed by atoms with van der Waals surface area (Å²) in [6.45, 7) is 15.5. The molecule has 10 N–H and O–H groups in total. The second-order valence-corrected chi connectivity index (χ2v) is 24.1. The first kappa shape index (κ1) is 53.4. The average molecular weight is 985 g/mol. The Morgan fingerprint density at radius 3 is 1.84 bits per heavy atom. The van der Waals surface area contributed by atoms with Gasteiger partial charge in [-0.25, -0.2) is 0 Å². The smallest absolute Gasteiger partial charge is 0.315 e. The van der Waals surface area contributed by atoms with Gasteiger partial charge in [0.25, 0.3) is 0 Å². The number of allylic oxidation sites excluding steroid dienone is 2. The van der Waals surface area contributed by atoms with Crippen molar-refractivity contribution in [3.8, 4) is 0 Å². The van der Waals surface area contributed by atoms with Gasteiger partial charge in [0.1, 0.15) is 79.9 Å². The Balaban J connectivity index is 1.05. The molecule has 7 fully saturated rings. The Morgan fingerprint density at radius 1 is 0.638 bits per heavy atom. The molecule has 3 aliphatic heterocycles. The Hall–Kier alpha value is -1.92. The Kier molecular flexibility index (Phi) is 14.8. The third kappa shape index (κ3) is 8.75. The van der Waals surface area contributed by atoms with Crippen molar-refractivity contribution >= 4 is 11.9 Å². The minimum absolute atomic E-state index is 0.0734. The molecule has 19 nitrogen and oxygen atoms in total. The molecule has 5 aliphatic carbocycles. The van der Waals surface area contributed by atoms with Gasteiger partial charge in [-0.3, -0.25) is 9.59 Å². The molecule has 69 heavy (non-hydrogen) atoms. The van der Waals surface area contributed by atoms with E-state index < -0.39 is 141 Å². The predicted molar refractivity (Wildman–Crippen MR) is 240 cm³/mol. The lowest BCUT2D eigenvalue weighted by Crippen LogP contribution is -2.67. The third-order valence-electron chi connectivity index (χ3n) is 19.6. The van der Waals surface area contributed by atoms with Crippen molar-refractivity contribution in [1.29, 1.82) is 0 Å². The summed E-state index contributed by atoms with van der Waals surface area (Å²) in [6, 6.07) is 0. The van der Waals surface area contributed by atoms with Crippen molar-refractivity contribution in [2.24, 2.45) is 50.2 Å². The van der Waals surface area contributed by atoms with E-state index in [1.165, 1.54) is 12.5 Å². The van der Waals surface area contributed by atoms with Gasteiger partial charge in [0, 0.05) is 6.92 Å². The summed E-state index contributed by atoms with van der Waals surface area (Å²) in [5.74, 6) is -0.918. The van der Waals surface area contributed by atoms with Crippen LogP contribution in [0.4, 0.5) is 0 Å². The molecule has 0 aromatic rings. The number of aliphatic hydroxyl groups is 10. The molecule has 23 atom stereocenters. The van der Waals surface area contributed by atoms with Crippen LogP contribution >= 0.6 is 0 Å². The zero-order valence-electron chi connectivity index (χ0n) is 41.4. The lowest BCUT2D eigenvalue weighted by Gasteiger charge is -2.71. The molecule has 0 aromatic carbocycles. The normalized spacial score (nSPS) is 51.4. The van der Waals surface area contributed by atoms with Crippen LogP contribution in [-0.2, 0) is 42.7 Å². The number of carbonyl (C=O) groups is 2. The van der Waals surface area contributed by atoms with Gasteiger partial charge in [-0.05, 0) is 109 Å². The first-order valence-corrected chi connectivity index (χ1v) is 25.2. The number of aliphatic hydroxyl groups excluding tert-OH is 10. The Bertz CT molecular complexity index is 1910. The van der Waals surface area contributed by atoms with Gasteiger partial charge in [0.2, 0.25) is 6.29 Å². The summed E-state index contributed by atoms with van der Waals surface area (Å²) in [7, 11) is 0. The molecule has 0 amide bonds. The van der Waals surface area contributed by atoms with Crippen molar-refractivity contribution < 1.29 is 93.8 Å². The van der Waals surface area contributed by atoms with E-state index in [0.29, 0.717) is 19.3 Å². The van der Waals surface area contributed by atoms with E-state index in [1.807, 2.05) is 0 Å². The van der Waals surface area contributed by atoms with E-state index in [-0.39, 0.29) is 39.4 Å². The van der Waals surface area contributed by atoms with E-state index in [1.54, 1.807) is 0 Å². The van der Waals surface area contributed by atoms with Crippen LogP contribution in [0.25, 0.3) is 0 Å². The number of hydrogen-bond donors (Lipinski definition) is 10. The molecule has 3 saturated heterocycles. The largest absolute Gasteiger partial charge is 0.463 e. The zero-order chi connectivity index (χ0) is 50.6. The van der Waals surface area contributed by atoms with Crippen molar-refractivity contribution in [2.45, 2.75) is 218 Å². The standard InChI is InChI=1S/C50H80O19/c1-23(53)63-22-28-34(56)37(59)40(68-41-38(60)35(57)32(54)26(20-51)64-41)43(66-28)67-31-12-13-47(6)29(46(31,4)5)11-14-49(8)30(47)10-9-24-25-19-45(2,3)15-17-50(25,18-16-48(24,49)7)44(62)69-42-39(61)36(58)33(55)27(21-52)65-42/h9,25-43,51-52,54-61H,10-22H2,1-8H3/t25-,26+,27+,28+,29-,30+,31-,32+,33+,34+,35-,36-,37-,38+,39+,40+,41-,42-,43-,47-,48+,49+,50-/m0/s1. The molecular formula is C50H80O19. The van der Waals surface area contributed by atoms with Gasteiger partial charge in [-0.15, -0.1) is 0 Å². The van der Waals surface area contributed by atoms with Gasteiger partial charge in [0.15, 0.2) is 12.6 Å². The highest BCUT2D eigenvalue weighted by molar-refractivity contribution is 5.79. The zero-order valence-corrected chi connectivity index (χ0v) is 41.4. The topological polar surface area (TPSA) is 301 Å². The third-order valence-corrected chi connectivity index (χ3v) is 19.6. The number of esters is 2. The highest BCUT2D eigenvalue weighted by atomic mass is 16.8. The van der Waals surface area contributed by atoms with Crippen molar-refractivity contribution in [1.82, 2.24) is 0 Å². The second kappa shape index (κ2) is 19.1. The number of fused-ring (bicyclic) bond motifs is 7. The quantitative estimate of drug-likeness (QED) is 0.0819. The number of carbonyl (C=O) groups excluding carboxylic acids is 2. The molecule has 394 valence electrons. The van der Waals surface area contributed by atoms with Crippen LogP contribution in [0.3, 0.4) is 0 Å². The van der Waals surface area contributed by atoms with E-state index >= 15 is 0 Å². The minimum atomic E-state index is -1.81. The maximum Gasteiger partial charge on any atom is 0.315 e. The van der Waals surface area contributed by atoms with E-state index in [2.05, 4.69) is 54.5 Å². The second-order valence-electron chi connectivity index (χ2n) is 24.1. The van der Waals surface area contributed by atoms with Gasteiger partial charge in [-0.2, -0.15) is 0 Å². The summed E-state index contributed by atoms with van der Waals surface area (Å²) in [6.07, 6.45) is -14.2. The maximum absolute atomic E-state index is 14.7. The van der Waals surface area contributed by atoms with Crippen LogP contribution in [0.5, 0.6) is 0 Å². The molecule has 8 aliphatic rings. The van der Waals surface area contributed by atoms with Gasteiger partial charge in [-0.1, -0.05) is 60.1 Å².